The number of hydrogen-bond donors (Lipinski definition) is 3. The van der Waals surface area contributed by atoms with Gasteiger partial charge in [0.15, 0.2) is 5.75 Å². The molecule has 0 aliphatic carbocycles. The lowest BCUT2D eigenvalue weighted by atomic mass is 10.0. The summed E-state index contributed by atoms with van der Waals surface area (Å²) in [6.45, 7) is 4.10. The van der Waals surface area contributed by atoms with Gasteiger partial charge in [0.2, 0.25) is 0 Å². The zero-order valence-electron chi connectivity index (χ0n) is 20.5. The van der Waals surface area contributed by atoms with Crippen molar-refractivity contribution in [2.45, 2.75) is 25.2 Å². The van der Waals surface area contributed by atoms with Crippen LogP contribution in [0.1, 0.15) is 29.8 Å². The van der Waals surface area contributed by atoms with Crippen LogP contribution in [-0.2, 0) is 16.5 Å². The first kappa shape index (κ1) is 27.1. The first-order valence-electron chi connectivity index (χ1n) is 11.6. The van der Waals surface area contributed by atoms with Crippen LogP contribution in [0.2, 0.25) is 5.02 Å². The number of nitrogens with one attached hydrogen (secondary N) is 1. The number of phenols is 1. The lowest BCUT2D eigenvalue weighted by Gasteiger charge is -2.12. The number of carbonyl (C=O) groups excluding carboxylic acids is 1. The maximum Gasteiger partial charge on any atom is 0.294 e. The van der Waals surface area contributed by atoms with Crippen molar-refractivity contribution in [2.24, 2.45) is 10.2 Å². The molecule has 0 atom stereocenters. The number of phenolic OH excluding ortho intramolecular Hbond substituents is 1. The summed E-state index contributed by atoms with van der Waals surface area (Å²) in [6, 6.07) is 17.9. The minimum atomic E-state index is -4.48. The second-order valence-electron chi connectivity index (χ2n) is 8.19. The predicted octanol–water partition coefficient (Wildman–Crippen LogP) is 7.07. The van der Waals surface area contributed by atoms with Gasteiger partial charge in [-0.05, 0) is 66.8 Å². The number of azo groups is 1. The molecule has 196 valence electrons. The number of rotatable bonds is 8. The molecule has 0 radical (unpaired) electrons. The lowest BCUT2D eigenvalue weighted by molar-refractivity contribution is 0.102. The molecule has 0 saturated heterocycles. The van der Waals surface area contributed by atoms with Gasteiger partial charge in [-0.15, -0.1) is 10.2 Å². The summed E-state index contributed by atoms with van der Waals surface area (Å²) in [6.07, 6.45) is 0.282. The average molecular weight is 554 g/mol. The molecule has 0 aliphatic rings. The van der Waals surface area contributed by atoms with E-state index in [1.165, 1.54) is 6.07 Å². The zero-order chi connectivity index (χ0) is 27.4. The molecule has 4 aromatic rings. The number of carbonyl (C=O) groups is 1. The topological polar surface area (TPSA) is 138 Å². The Balaban J connectivity index is 1.75. The Morgan fingerprint density at radius 2 is 1.74 bits per heavy atom. The Kier molecular flexibility index (Phi) is 7.96. The number of anilines is 1. The molecule has 0 bridgehead atoms. The maximum absolute atomic E-state index is 13.1. The van der Waals surface area contributed by atoms with Crippen LogP contribution in [0.3, 0.4) is 0 Å². The number of aryl methyl sites for hydroxylation is 1. The summed E-state index contributed by atoms with van der Waals surface area (Å²) in [5, 5.41) is 23.3. The molecule has 0 unspecified atom stereocenters. The molecule has 0 aromatic heterocycles. The SMILES string of the molecule is CCOc1ccc(NC(=O)c2cc3ccccc3c(N=Nc3cc(CC)c(S(=O)(=O)O)cc3Cl)c2O)cc1. The average Bonchev–Trinajstić information content (AvgIpc) is 2.89. The summed E-state index contributed by atoms with van der Waals surface area (Å²) >= 11 is 6.23. The molecule has 0 spiro atoms. The van der Waals surface area contributed by atoms with Gasteiger partial charge in [0.25, 0.3) is 16.0 Å². The standard InChI is InChI=1S/C27H24ClN3O6S/c1-3-16-14-23(22(28)15-24(16)38(34,35)36)30-31-25-20-8-6-5-7-17(20)13-21(26(25)32)27(33)29-18-9-11-19(12-10-18)37-4-2/h5-15,32H,3-4H2,1-2H3,(H,29,33)(H,34,35,36). The Labute approximate surface area is 224 Å². The van der Waals surface area contributed by atoms with Gasteiger partial charge in [0.05, 0.1) is 22.1 Å². The van der Waals surface area contributed by atoms with Gasteiger partial charge >= 0.3 is 0 Å². The van der Waals surface area contributed by atoms with Crippen LogP contribution in [-0.4, -0.2) is 30.6 Å². The highest BCUT2D eigenvalue weighted by atomic mass is 35.5. The van der Waals surface area contributed by atoms with Crippen LogP contribution in [0.5, 0.6) is 11.5 Å². The Morgan fingerprint density at radius 3 is 2.39 bits per heavy atom. The molecule has 9 nitrogen and oxygen atoms in total. The van der Waals surface area contributed by atoms with Crippen LogP contribution in [0.25, 0.3) is 10.8 Å². The minimum absolute atomic E-state index is 0.0198. The Bertz CT molecular complexity index is 1650. The zero-order valence-corrected chi connectivity index (χ0v) is 22.0. The van der Waals surface area contributed by atoms with Crippen LogP contribution in [0.15, 0.2) is 81.9 Å². The third kappa shape index (κ3) is 5.77. The van der Waals surface area contributed by atoms with Crippen molar-refractivity contribution in [2.75, 3.05) is 11.9 Å². The molecule has 0 heterocycles. The highest BCUT2D eigenvalue weighted by Crippen LogP contribution is 2.41. The van der Waals surface area contributed by atoms with E-state index in [1.807, 2.05) is 6.92 Å². The first-order valence-corrected chi connectivity index (χ1v) is 13.4. The number of aromatic hydroxyl groups is 1. The molecule has 0 saturated carbocycles. The third-order valence-electron chi connectivity index (χ3n) is 5.71. The molecule has 1 amide bonds. The van der Waals surface area contributed by atoms with Crippen molar-refractivity contribution in [1.82, 2.24) is 0 Å². The summed E-state index contributed by atoms with van der Waals surface area (Å²) in [4.78, 5) is 12.8. The van der Waals surface area contributed by atoms with Crippen molar-refractivity contribution in [3.05, 3.63) is 82.9 Å². The Hall–Kier alpha value is -3.99. The fraction of sp³-hybridized carbons (Fsp3) is 0.148. The van der Waals surface area contributed by atoms with Gasteiger partial charge in [-0.2, -0.15) is 8.42 Å². The highest BCUT2D eigenvalue weighted by molar-refractivity contribution is 7.85. The number of benzene rings is 4. The van der Waals surface area contributed by atoms with Gasteiger partial charge in [0, 0.05) is 11.1 Å². The van der Waals surface area contributed by atoms with E-state index in [4.69, 9.17) is 16.3 Å². The van der Waals surface area contributed by atoms with E-state index in [9.17, 15) is 22.9 Å². The molecule has 3 N–H and O–H groups in total. The largest absolute Gasteiger partial charge is 0.505 e. The van der Waals surface area contributed by atoms with E-state index >= 15 is 0 Å². The fourth-order valence-electron chi connectivity index (χ4n) is 3.88. The number of amides is 1. The molecule has 0 fully saturated rings. The van der Waals surface area contributed by atoms with E-state index in [1.54, 1.807) is 61.5 Å². The molecule has 4 aromatic carbocycles. The van der Waals surface area contributed by atoms with Crippen LogP contribution in [0.4, 0.5) is 17.1 Å². The quantitative estimate of drug-likeness (QED) is 0.157. The van der Waals surface area contributed by atoms with Gasteiger partial charge in [-0.1, -0.05) is 42.8 Å². The number of halogens is 1. The second kappa shape index (κ2) is 11.2. The summed E-state index contributed by atoms with van der Waals surface area (Å²) in [7, 11) is -4.48. The Morgan fingerprint density at radius 1 is 1.03 bits per heavy atom. The summed E-state index contributed by atoms with van der Waals surface area (Å²) in [5.41, 5.74) is 0.945. The van der Waals surface area contributed by atoms with Crippen molar-refractivity contribution in [1.29, 1.82) is 0 Å². The normalized spacial score (nSPS) is 11.7. The lowest BCUT2D eigenvalue weighted by Crippen LogP contribution is -2.12. The highest BCUT2D eigenvalue weighted by Gasteiger charge is 2.20. The molecule has 11 heteroatoms. The van der Waals surface area contributed by atoms with Crippen LogP contribution >= 0.6 is 11.6 Å². The smallest absolute Gasteiger partial charge is 0.294 e. The van der Waals surface area contributed by atoms with E-state index in [0.29, 0.717) is 34.4 Å². The van der Waals surface area contributed by atoms with Gasteiger partial charge < -0.3 is 15.2 Å². The fourth-order valence-corrected chi connectivity index (χ4v) is 4.94. The third-order valence-corrected chi connectivity index (χ3v) is 6.95. The van der Waals surface area contributed by atoms with Crippen molar-refractivity contribution >= 4 is 55.5 Å². The first-order chi connectivity index (χ1) is 18.1. The maximum atomic E-state index is 13.1. The van der Waals surface area contributed by atoms with E-state index in [0.717, 1.165) is 6.07 Å². The van der Waals surface area contributed by atoms with Gasteiger partial charge in [-0.3, -0.25) is 9.35 Å². The number of hydrogen-bond acceptors (Lipinski definition) is 7. The second-order valence-corrected chi connectivity index (χ2v) is 9.99. The monoisotopic (exact) mass is 553 g/mol. The molecular formula is C27H24ClN3O6S. The number of nitrogens with zero attached hydrogens (tertiary/aromatic N) is 2. The van der Waals surface area contributed by atoms with Crippen molar-refractivity contribution < 1.29 is 27.6 Å². The van der Waals surface area contributed by atoms with E-state index in [2.05, 4.69) is 15.5 Å². The van der Waals surface area contributed by atoms with Crippen molar-refractivity contribution in [3.63, 3.8) is 0 Å². The predicted molar refractivity (Wildman–Crippen MR) is 146 cm³/mol. The van der Waals surface area contributed by atoms with E-state index in [-0.39, 0.29) is 33.3 Å². The van der Waals surface area contributed by atoms with Crippen molar-refractivity contribution in [3.8, 4) is 11.5 Å². The minimum Gasteiger partial charge on any atom is -0.505 e. The van der Waals surface area contributed by atoms with Gasteiger partial charge in [-0.25, -0.2) is 0 Å². The van der Waals surface area contributed by atoms with Crippen LogP contribution < -0.4 is 10.1 Å². The summed E-state index contributed by atoms with van der Waals surface area (Å²) < 4.78 is 38.3. The number of ether oxygens (including phenoxy) is 1. The molecule has 38 heavy (non-hydrogen) atoms. The molecular weight excluding hydrogens is 530 g/mol. The van der Waals surface area contributed by atoms with E-state index < -0.39 is 21.8 Å². The number of fused-ring (bicyclic) bond motifs is 1. The molecule has 4 rings (SSSR count). The summed E-state index contributed by atoms with van der Waals surface area (Å²) in [5.74, 6) is -0.286. The van der Waals surface area contributed by atoms with Crippen LogP contribution in [0, 0.1) is 0 Å². The molecule has 0 aliphatic heterocycles. The van der Waals surface area contributed by atoms with Gasteiger partial charge in [0.1, 0.15) is 17.1 Å².